The molecular formula is C22H16Cl2F6N4O. The van der Waals surface area contributed by atoms with E-state index < -0.39 is 58.7 Å². The fraction of sp³-hybridized carbons (Fsp3) is 0.273. The molecule has 0 saturated heterocycles. The standard InChI is InChI=1S/C22H16Cl2F6N4O/c1-10-2-4-11(5-3-10)14-9-16(22(28,29)30)34-19(31-14)17(24)18(33-34)20(35)32-15-8-12(21(25,26)27)6-7-13(15)23/h2-8,14,16,31H,9H2,1H3,(H,32,35)/t14-,16+/m1/s1. The maximum atomic E-state index is 13.9. The smallest absolute Gasteiger partial charge is 0.362 e. The zero-order chi connectivity index (χ0) is 25.7. The van der Waals surface area contributed by atoms with Gasteiger partial charge in [-0.25, -0.2) is 4.68 Å². The number of aromatic nitrogens is 2. The van der Waals surface area contributed by atoms with Crippen LogP contribution in [0.15, 0.2) is 42.5 Å². The lowest BCUT2D eigenvalue weighted by atomic mass is 9.96. The number of aryl methyl sites for hydroxylation is 1. The largest absolute Gasteiger partial charge is 0.416 e. The van der Waals surface area contributed by atoms with Crippen molar-refractivity contribution in [1.29, 1.82) is 0 Å². The van der Waals surface area contributed by atoms with Crippen molar-refractivity contribution in [3.05, 3.63) is 74.9 Å². The Balaban J connectivity index is 1.70. The van der Waals surface area contributed by atoms with Crippen molar-refractivity contribution >= 4 is 40.6 Å². The maximum Gasteiger partial charge on any atom is 0.416 e. The molecule has 3 aromatic rings. The molecule has 0 saturated carbocycles. The first-order valence-corrected chi connectivity index (χ1v) is 10.9. The van der Waals surface area contributed by atoms with Crippen LogP contribution in [-0.2, 0) is 6.18 Å². The number of halogens is 8. The topological polar surface area (TPSA) is 59.0 Å². The summed E-state index contributed by atoms with van der Waals surface area (Å²) >= 11 is 12.2. The summed E-state index contributed by atoms with van der Waals surface area (Å²) in [4.78, 5) is 12.8. The number of alkyl halides is 6. The van der Waals surface area contributed by atoms with E-state index in [-0.39, 0.29) is 10.8 Å². The fourth-order valence-electron chi connectivity index (χ4n) is 3.73. The van der Waals surface area contributed by atoms with Gasteiger partial charge in [-0.1, -0.05) is 53.0 Å². The van der Waals surface area contributed by atoms with Crippen molar-refractivity contribution in [1.82, 2.24) is 9.78 Å². The molecule has 2 N–H and O–H groups in total. The van der Waals surface area contributed by atoms with Gasteiger partial charge in [0.15, 0.2) is 11.7 Å². The van der Waals surface area contributed by atoms with Crippen LogP contribution < -0.4 is 10.6 Å². The van der Waals surface area contributed by atoms with Crippen LogP contribution in [0.2, 0.25) is 10.0 Å². The highest BCUT2D eigenvalue weighted by atomic mass is 35.5. The molecule has 13 heteroatoms. The van der Waals surface area contributed by atoms with Crippen molar-refractivity contribution in [3.8, 4) is 0 Å². The van der Waals surface area contributed by atoms with E-state index in [2.05, 4.69) is 15.7 Å². The van der Waals surface area contributed by atoms with Gasteiger partial charge in [0.25, 0.3) is 5.91 Å². The van der Waals surface area contributed by atoms with E-state index in [1.165, 1.54) is 0 Å². The molecule has 0 unspecified atom stereocenters. The maximum absolute atomic E-state index is 13.9. The van der Waals surface area contributed by atoms with E-state index in [4.69, 9.17) is 23.2 Å². The lowest BCUT2D eigenvalue weighted by Crippen LogP contribution is -2.35. The number of rotatable bonds is 3. The van der Waals surface area contributed by atoms with Crippen LogP contribution in [0, 0.1) is 6.92 Å². The summed E-state index contributed by atoms with van der Waals surface area (Å²) in [6.45, 7) is 1.84. The first-order valence-electron chi connectivity index (χ1n) is 10.1. The minimum absolute atomic E-state index is 0.211. The third kappa shape index (κ3) is 5.06. The predicted molar refractivity (Wildman–Crippen MR) is 119 cm³/mol. The minimum Gasteiger partial charge on any atom is -0.362 e. The molecule has 0 bridgehead atoms. The Morgan fingerprint density at radius 2 is 1.74 bits per heavy atom. The van der Waals surface area contributed by atoms with Gasteiger partial charge in [0.2, 0.25) is 0 Å². The van der Waals surface area contributed by atoms with E-state index >= 15 is 0 Å². The number of fused-ring (bicyclic) bond motifs is 1. The SMILES string of the molecule is Cc1ccc([C@H]2C[C@@H](C(F)(F)F)n3nc(C(=O)Nc4cc(C(F)(F)F)ccc4Cl)c(Cl)c3N2)cc1. The van der Waals surface area contributed by atoms with Crippen LogP contribution in [0.1, 0.15) is 45.7 Å². The molecular weight excluding hydrogens is 521 g/mol. The van der Waals surface area contributed by atoms with Crippen LogP contribution in [0.4, 0.5) is 37.8 Å². The van der Waals surface area contributed by atoms with Gasteiger partial charge < -0.3 is 10.6 Å². The number of nitrogens with zero attached hydrogens (tertiary/aromatic N) is 2. The first-order chi connectivity index (χ1) is 16.3. The van der Waals surface area contributed by atoms with Crippen molar-refractivity contribution in [3.63, 3.8) is 0 Å². The number of carbonyl (C=O) groups excluding carboxylic acids is 1. The molecule has 0 spiro atoms. The number of nitrogens with one attached hydrogen (secondary N) is 2. The van der Waals surface area contributed by atoms with Crippen molar-refractivity contribution < 1.29 is 31.1 Å². The van der Waals surface area contributed by atoms with Crippen LogP contribution in [0.5, 0.6) is 0 Å². The Morgan fingerprint density at radius 1 is 1.09 bits per heavy atom. The van der Waals surface area contributed by atoms with Crippen molar-refractivity contribution in [2.24, 2.45) is 0 Å². The van der Waals surface area contributed by atoms with Crippen molar-refractivity contribution in [2.45, 2.75) is 37.8 Å². The normalized spacial score (nSPS) is 18.1. The summed E-state index contributed by atoms with van der Waals surface area (Å²) < 4.78 is 81.4. The molecule has 186 valence electrons. The Hall–Kier alpha value is -2.92. The molecule has 1 aliphatic heterocycles. The summed E-state index contributed by atoms with van der Waals surface area (Å²) in [7, 11) is 0. The second kappa shape index (κ2) is 8.94. The fourth-order valence-corrected chi connectivity index (χ4v) is 4.16. The molecule has 35 heavy (non-hydrogen) atoms. The van der Waals surface area contributed by atoms with E-state index in [0.29, 0.717) is 16.3 Å². The van der Waals surface area contributed by atoms with E-state index in [1.807, 2.05) is 6.92 Å². The lowest BCUT2D eigenvalue weighted by Gasteiger charge is -2.33. The molecule has 1 aliphatic rings. The number of hydrogen-bond donors (Lipinski definition) is 2. The Labute approximate surface area is 205 Å². The Morgan fingerprint density at radius 3 is 2.34 bits per heavy atom. The Bertz CT molecular complexity index is 1270. The van der Waals surface area contributed by atoms with Gasteiger partial charge in [-0.3, -0.25) is 4.79 Å². The lowest BCUT2D eigenvalue weighted by molar-refractivity contribution is -0.173. The molecule has 2 aromatic carbocycles. The summed E-state index contributed by atoms with van der Waals surface area (Å²) in [6.07, 6.45) is -9.84. The number of hydrogen-bond acceptors (Lipinski definition) is 3. The average Bonchev–Trinajstić information content (AvgIpc) is 3.10. The van der Waals surface area contributed by atoms with Crippen LogP contribution >= 0.6 is 23.2 Å². The summed E-state index contributed by atoms with van der Waals surface area (Å²) in [6, 6.07) is 6.27. The second-order valence-electron chi connectivity index (χ2n) is 8.00. The third-order valence-electron chi connectivity index (χ3n) is 5.53. The van der Waals surface area contributed by atoms with Crippen LogP contribution in [0.25, 0.3) is 0 Å². The van der Waals surface area contributed by atoms with Gasteiger partial charge >= 0.3 is 12.4 Å². The van der Waals surface area contributed by atoms with Gasteiger partial charge in [0.1, 0.15) is 10.8 Å². The van der Waals surface area contributed by atoms with E-state index in [9.17, 15) is 31.1 Å². The summed E-state index contributed by atoms with van der Waals surface area (Å²) in [5.74, 6) is -1.35. The molecule has 0 fully saturated rings. The second-order valence-corrected chi connectivity index (χ2v) is 8.79. The highest BCUT2D eigenvalue weighted by Gasteiger charge is 2.48. The first kappa shape index (κ1) is 25.2. The highest BCUT2D eigenvalue weighted by molar-refractivity contribution is 6.37. The van der Waals surface area contributed by atoms with Crippen LogP contribution in [0.3, 0.4) is 0 Å². The average molecular weight is 537 g/mol. The van der Waals surface area contributed by atoms with Gasteiger partial charge in [-0.15, -0.1) is 0 Å². The molecule has 1 aromatic heterocycles. The minimum atomic E-state index is -4.72. The van der Waals surface area contributed by atoms with Gasteiger partial charge in [0.05, 0.1) is 22.3 Å². The zero-order valence-electron chi connectivity index (χ0n) is 17.7. The van der Waals surface area contributed by atoms with Crippen molar-refractivity contribution in [2.75, 3.05) is 10.6 Å². The highest BCUT2D eigenvalue weighted by Crippen LogP contribution is 2.46. The number of benzene rings is 2. The molecule has 1 amide bonds. The Kier molecular flexibility index (Phi) is 6.43. The summed E-state index contributed by atoms with van der Waals surface area (Å²) in [5, 5.41) is 8.19. The zero-order valence-corrected chi connectivity index (χ0v) is 19.2. The molecule has 0 radical (unpaired) electrons. The molecule has 0 aliphatic carbocycles. The molecule has 2 heterocycles. The monoisotopic (exact) mass is 536 g/mol. The number of amides is 1. The van der Waals surface area contributed by atoms with Gasteiger partial charge in [-0.05, 0) is 30.7 Å². The van der Waals surface area contributed by atoms with Gasteiger partial charge in [-0.2, -0.15) is 31.4 Å². The van der Waals surface area contributed by atoms with E-state index in [1.54, 1.807) is 24.3 Å². The summed E-state index contributed by atoms with van der Waals surface area (Å²) in [5.41, 5.74) is -0.567. The molecule has 5 nitrogen and oxygen atoms in total. The molecule has 4 rings (SSSR count). The molecule has 2 atom stereocenters. The number of anilines is 2. The van der Waals surface area contributed by atoms with E-state index in [0.717, 1.165) is 17.7 Å². The van der Waals surface area contributed by atoms with Crippen LogP contribution in [-0.4, -0.2) is 21.9 Å². The third-order valence-corrected chi connectivity index (χ3v) is 6.22. The predicted octanol–water partition coefficient (Wildman–Crippen LogP) is 7.43. The quantitative estimate of drug-likeness (QED) is 0.342. The number of carbonyl (C=O) groups is 1. The van der Waals surface area contributed by atoms with Gasteiger partial charge in [0, 0.05) is 6.42 Å².